The molecule has 2 amide bonds. The van der Waals surface area contributed by atoms with Gasteiger partial charge in [0.1, 0.15) is 17.5 Å². The monoisotopic (exact) mass is 462 g/mol. The van der Waals surface area contributed by atoms with Gasteiger partial charge in [0.2, 0.25) is 5.91 Å². The average molecular weight is 463 g/mol. The van der Waals surface area contributed by atoms with E-state index in [1.807, 2.05) is 0 Å². The number of esters is 1. The highest BCUT2D eigenvalue weighted by molar-refractivity contribution is 5.89. The number of carbonyl (C=O) groups excluding carboxylic acids is 3. The van der Waals surface area contributed by atoms with Crippen molar-refractivity contribution in [2.45, 2.75) is 71.6 Å². The Kier molecular flexibility index (Phi) is 7.05. The first-order valence-electron chi connectivity index (χ1n) is 11.5. The Hall–Kier alpha value is -2.64. The normalized spacial score (nSPS) is 25.0. The number of likely N-dealkylation sites (tertiary alicyclic amines) is 2. The molecule has 33 heavy (non-hydrogen) atoms. The van der Waals surface area contributed by atoms with Crippen LogP contribution in [0.3, 0.4) is 0 Å². The van der Waals surface area contributed by atoms with E-state index in [9.17, 15) is 18.8 Å². The highest BCUT2D eigenvalue weighted by Crippen LogP contribution is 2.44. The summed E-state index contributed by atoms with van der Waals surface area (Å²) in [5.74, 6) is -2.30. The van der Waals surface area contributed by atoms with Crippen LogP contribution in [-0.2, 0) is 19.1 Å². The zero-order valence-electron chi connectivity index (χ0n) is 20.4. The molecular weight excluding hydrogens is 427 g/mol. The zero-order valence-corrected chi connectivity index (χ0v) is 20.4. The van der Waals surface area contributed by atoms with Crippen LogP contribution in [0.1, 0.15) is 65.5 Å². The fourth-order valence-electron chi connectivity index (χ4n) is 4.93. The number of amides is 2. The summed E-state index contributed by atoms with van der Waals surface area (Å²) in [6.07, 6.45) is 1.15. The van der Waals surface area contributed by atoms with Crippen molar-refractivity contribution in [1.82, 2.24) is 9.80 Å². The summed E-state index contributed by atoms with van der Waals surface area (Å²) >= 11 is 0. The lowest BCUT2D eigenvalue weighted by Crippen LogP contribution is -2.53. The molecule has 0 saturated carbocycles. The topological polar surface area (TPSA) is 76.2 Å². The molecule has 2 aliphatic heterocycles. The van der Waals surface area contributed by atoms with Crippen LogP contribution in [0, 0.1) is 17.2 Å². The number of ether oxygens (including phenoxy) is 2. The number of hydrogen-bond donors (Lipinski definition) is 0. The summed E-state index contributed by atoms with van der Waals surface area (Å²) in [7, 11) is 1.25. The van der Waals surface area contributed by atoms with Gasteiger partial charge in [-0.05, 0) is 51.5 Å². The Balaban J connectivity index is 2.06. The molecule has 0 radical (unpaired) electrons. The van der Waals surface area contributed by atoms with E-state index in [-0.39, 0.29) is 23.3 Å². The summed E-state index contributed by atoms with van der Waals surface area (Å²) in [6, 6.07) is 4.02. The minimum Gasteiger partial charge on any atom is -0.469 e. The summed E-state index contributed by atoms with van der Waals surface area (Å²) in [5.41, 5.74) is -0.718. The van der Waals surface area contributed by atoms with Crippen LogP contribution in [0.2, 0.25) is 0 Å². The summed E-state index contributed by atoms with van der Waals surface area (Å²) < 4.78 is 25.5. The third-order valence-electron chi connectivity index (χ3n) is 6.32. The van der Waals surface area contributed by atoms with Crippen molar-refractivity contribution in [2.24, 2.45) is 11.3 Å². The molecule has 0 spiro atoms. The van der Waals surface area contributed by atoms with Crippen LogP contribution in [0.15, 0.2) is 24.3 Å². The van der Waals surface area contributed by atoms with Gasteiger partial charge in [-0.15, -0.1) is 0 Å². The number of halogens is 1. The molecule has 0 N–H and O–H groups in total. The van der Waals surface area contributed by atoms with Crippen LogP contribution in [0.25, 0.3) is 0 Å². The van der Waals surface area contributed by atoms with Crippen molar-refractivity contribution in [3.05, 3.63) is 35.6 Å². The fraction of sp³-hybridized carbons (Fsp3) is 0.640. The molecule has 2 saturated heterocycles. The smallest absolute Gasteiger partial charge is 0.411 e. The lowest BCUT2D eigenvalue weighted by molar-refractivity contribution is -0.146. The Morgan fingerprint density at radius 3 is 2.39 bits per heavy atom. The lowest BCUT2D eigenvalue weighted by Gasteiger charge is -2.40. The molecule has 2 heterocycles. The van der Waals surface area contributed by atoms with Crippen molar-refractivity contribution in [3.63, 3.8) is 0 Å². The van der Waals surface area contributed by atoms with Gasteiger partial charge in [-0.3, -0.25) is 14.5 Å². The molecule has 2 aliphatic rings. The van der Waals surface area contributed by atoms with E-state index >= 15 is 0 Å². The minimum absolute atomic E-state index is 0.0423. The molecule has 0 aliphatic carbocycles. The van der Waals surface area contributed by atoms with Crippen molar-refractivity contribution in [3.8, 4) is 0 Å². The van der Waals surface area contributed by atoms with E-state index in [0.717, 1.165) is 12.8 Å². The average Bonchev–Trinajstić information content (AvgIpc) is 3.11. The third kappa shape index (κ3) is 5.47. The number of piperidine rings is 1. The molecule has 1 aromatic carbocycles. The molecular formula is C25H35FN2O5. The molecule has 182 valence electrons. The number of benzene rings is 1. The van der Waals surface area contributed by atoms with Gasteiger partial charge in [0, 0.05) is 18.7 Å². The van der Waals surface area contributed by atoms with Gasteiger partial charge in [-0.2, -0.15) is 0 Å². The zero-order chi connectivity index (χ0) is 24.6. The van der Waals surface area contributed by atoms with Gasteiger partial charge in [0.15, 0.2) is 0 Å². The SMILES string of the molecule is COC(=O)C1CC(C(=O)N2CCCC(C)(C)C2)N(C(=O)OC(C)(C)C)C1c1ccccc1F. The largest absolute Gasteiger partial charge is 0.469 e. The molecule has 0 aromatic heterocycles. The second kappa shape index (κ2) is 9.31. The standard InChI is InChI=1S/C25H35FN2O5/c1-24(2,3)33-23(31)28-19(21(29)27-13-9-12-25(4,5)15-27)14-17(22(30)32-6)20(28)16-10-7-8-11-18(16)26/h7-8,10-11,17,19-20H,9,12-15H2,1-6H3. The molecule has 7 nitrogen and oxygen atoms in total. The van der Waals surface area contributed by atoms with E-state index in [1.54, 1.807) is 31.7 Å². The molecule has 1 aromatic rings. The first kappa shape index (κ1) is 25.0. The van der Waals surface area contributed by atoms with E-state index < -0.39 is 41.5 Å². The number of hydrogen-bond acceptors (Lipinski definition) is 5. The Morgan fingerprint density at radius 2 is 1.82 bits per heavy atom. The maximum Gasteiger partial charge on any atom is 0.411 e. The quantitative estimate of drug-likeness (QED) is 0.626. The molecule has 3 unspecified atom stereocenters. The minimum atomic E-state index is -1.01. The van der Waals surface area contributed by atoms with E-state index in [2.05, 4.69) is 13.8 Å². The maximum atomic E-state index is 14.9. The van der Waals surface area contributed by atoms with Crippen LogP contribution in [0.4, 0.5) is 9.18 Å². The van der Waals surface area contributed by atoms with Crippen molar-refractivity contribution in [1.29, 1.82) is 0 Å². The summed E-state index contributed by atoms with van der Waals surface area (Å²) in [4.78, 5) is 42.9. The van der Waals surface area contributed by atoms with Crippen LogP contribution in [-0.4, -0.2) is 59.6 Å². The fourth-order valence-corrected chi connectivity index (χ4v) is 4.93. The second-order valence-electron chi connectivity index (χ2n) is 10.8. The predicted molar refractivity (Wildman–Crippen MR) is 121 cm³/mol. The van der Waals surface area contributed by atoms with E-state index in [0.29, 0.717) is 13.1 Å². The van der Waals surface area contributed by atoms with Crippen LogP contribution >= 0.6 is 0 Å². The number of nitrogens with zero attached hydrogens (tertiary/aromatic N) is 2. The van der Waals surface area contributed by atoms with Gasteiger partial charge in [0.25, 0.3) is 0 Å². The molecule has 8 heteroatoms. The van der Waals surface area contributed by atoms with E-state index in [4.69, 9.17) is 9.47 Å². The third-order valence-corrected chi connectivity index (χ3v) is 6.32. The van der Waals surface area contributed by atoms with Crippen molar-refractivity contribution < 1.29 is 28.2 Å². The van der Waals surface area contributed by atoms with Crippen molar-refractivity contribution >= 4 is 18.0 Å². The first-order valence-corrected chi connectivity index (χ1v) is 11.5. The van der Waals surface area contributed by atoms with Gasteiger partial charge < -0.3 is 14.4 Å². The van der Waals surface area contributed by atoms with Gasteiger partial charge in [-0.1, -0.05) is 32.0 Å². The molecule has 2 fully saturated rings. The second-order valence-corrected chi connectivity index (χ2v) is 10.8. The molecule has 0 bridgehead atoms. The Bertz CT molecular complexity index is 910. The molecule has 3 rings (SSSR count). The Morgan fingerprint density at radius 1 is 1.15 bits per heavy atom. The first-order chi connectivity index (χ1) is 15.3. The van der Waals surface area contributed by atoms with Gasteiger partial charge in [0.05, 0.1) is 19.1 Å². The van der Waals surface area contributed by atoms with Gasteiger partial charge in [-0.25, -0.2) is 9.18 Å². The van der Waals surface area contributed by atoms with Crippen LogP contribution in [0.5, 0.6) is 0 Å². The van der Waals surface area contributed by atoms with Crippen LogP contribution < -0.4 is 0 Å². The highest BCUT2D eigenvalue weighted by Gasteiger charge is 2.54. The Labute approximate surface area is 195 Å². The number of carbonyl (C=O) groups is 3. The highest BCUT2D eigenvalue weighted by atomic mass is 19.1. The summed E-state index contributed by atoms with van der Waals surface area (Å²) in [6.45, 7) is 10.5. The number of methoxy groups -OCH3 is 1. The number of rotatable bonds is 3. The predicted octanol–water partition coefficient (Wildman–Crippen LogP) is 4.31. The van der Waals surface area contributed by atoms with Gasteiger partial charge >= 0.3 is 12.1 Å². The molecule has 3 atom stereocenters. The summed E-state index contributed by atoms with van der Waals surface area (Å²) in [5, 5.41) is 0. The maximum absolute atomic E-state index is 14.9. The lowest BCUT2D eigenvalue weighted by atomic mass is 9.84. The van der Waals surface area contributed by atoms with Crippen molar-refractivity contribution in [2.75, 3.05) is 20.2 Å². The van der Waals surface area contributed by atoms with E-state index in [1.165, 1.54) is 30.2 Å².